The summed E-state index contributed by atoms with van der Waals surface area (Å²) in [6, 6.07) is 0.423. The Morgan fingerprint density at radius 3 is 2.74 bits per heavy atom. The number of rotatable bonds is 3. The Morgan fingerprint density at radius 2 is 2.05 bits per heavy atom. The van der Waals surface area contributed by atoms with Crippen molar-refractivity contribution in [1.82, 2.24) is 10.6 Å². The Morgan fingerprint density at radius 1 is 1.26 bits per heavy atom. The van der Waals surface area contributed by atoms with Crippen LogP contribution in [-0.2, 0) is 4.79 Å². The number of thioether (sulfide) groups is 1. The molecule has 4 heteroatoms. The molecular formula is C15H26N2OS. The summed E-state index contributed by atoms with van der Waals surface area (Å²) in [5, 5.41) is 6.97. The van der Waals surface area contributed by atoms with Crippen LogP contribution in [0.5, 0.6) is 0 Å². The molecule has 0 radical (unpaired) electrons. The standard InChI is InChI=1S/C15H26N2OS/c18-14(10-12-3-8-19-9-4-12)17-13-2-7-16-15(11-13)5-1-6-15/h12-13,16H,1-11H2,(H,17,18). The van der Waals surface area contributed by atoms with Crippen LogP contribution in [0.4, 0.5) is 0 Å². The zero-order valence-corrected chi connectivity index (χ0v) is 12.6. The molecule has 2 aliphatic heterocycles. The van der Waals surface area contributed by atoms with Gasteiger partial charge >= 0.3 is 0 Å². The lowest BCUT2D eigenvalue weighted by atomic mass is 9.70. The fourth-order valence-corrected chi connectivity index (χ4v) is 4.97. The maximum Gasteiger partial charge on any atom is 0.220 e. The summed E-state index contributed by atoms with van der Waals surface area (Å²) < 4.78 is 0. The predicted molar refractivity (Wildman–Crippen MR) is 80.4 cm³/mol. The Labute approximate surface area is 120 Å². The van der Waals surface area contributed by atoms with Crippen LogP contribution in [-0.4, -0.2) is 35.5 Å². The first-order valence-corrected chi connectivity index (χ1v) is 9.03. The molecule has 1 atom stereocenters. The van der Waals surface area contributed by atoms with E-state index < -0.39 is 0 Å². The van der Waals surface area contributed by atoms with Crippen molar-refractivity contribution in [3.63, 3.8) is 0 Å². The smallest absolute Gasteiger partial charge is 0.220 e. The first-order valence-electron chi connectivity index (χ1n) is 7.88. The molecular weight excluding hydrogens is 256 g/mol. The fraction of sp³-hybridized carbons (Fsp3) is 0.933. The van der Waals surface area contributed by atoms with Gasteiger partial charge < -0.3 is 10.6 Å². The highest BCUT2D eigenvalue weighted by Gasteiger charge is 2.41. The van der Waals surface area contributed by atoms with Crippen molar-refractivity contribution in [2.75, 3.05) is 18.1 Å². The Hall–Kier alpha value is -0.220. The molecule has 3 nitrogen and oxygen atoms in total. The molecule has 2 N–H and O–H groups in total. The van der Waals surface area contributed by atoms with Gasteiger partial charge in [-0.05, 0) is 68.9 Å². The fourth-order valence-electron chi connectivity index (χ4n) is 3.76. The molecule has 0 aromatic heterocycles. The van der Waals surface area contributed by atoms with Crippen molar-refractivity contribution in [2.45, 2.75) is 62.9 Å². The van der Waals surface area contributed by atoms with E-state index in [-0.39, 0.29) is 0 Å². The van der Waals surface area contributed by atoms with Gasteiger partial charge in [0.15, 0.2) is 0 Å². The molecule has 1 amide bonds. The lowest BCUT2D eigenvalue weighted by Gasteiger charge is -2.48. The van der Waals surface area contributed by atoms with Crippen molar-refractivity contribution in [2.24, 2.45) is 5.92 Å². The van der Waals surface area contributed by atoms with Crippen molar-refractivity contribution < 1.29 is 4.79 Å². The van der Waals surface area contributed by atoms with Crippen molar-refractivity contribution >= 4 is 17.7 Å². The summed E-state index contributed by atoms with van der Waals surface area (Å²) in [5.41, 5.74) is 0.387. The molecule has 3 rings (SSSR count). The van der Waals surface area contributed by atoms with E-state index in [2.05, 4.69) is 10.6 Å². The Balaban J connectivity index is 1.43. The van der Waals surface area contributed by atoms with Gasteiger partial charge in [-0.25, -0.2) is 0 Å². The number of carbonyl (C=O) groups is 1. The minimum Gasteiger partial charge on any atom is -0.353 e. The third kappa shape index (κ3) is 3.46. The topological polar surface area (TPSA) is 41.1 Å². The van der Waals surface area contributed by atoms with E-state index in [0.29, 0.717) is 23.4 Å². The van der Waals surface area contributed by atoms with Crippen LogP contribution in [0.15, 0.2) is 0 Å². The van der Waals surface area contributed by atoms with Gasteiger partial charge in [0.05, 0.1) is 0 Å². The zero-order valence-electron chi connectivity index (χ0n) is 11.7. The molecule has 3 fully saturated rings. The van der Waals surface area contributed by atoms with Crippen molar-refractivity contribution in [1.29, 1.82) is 0 Å². The summed E-state index contributed by atoms with van der Waals surface area (Å²) in [6.45, 7) is 1.07. The van der Waals surface area contributed by atoms with Gasteiger partial charge in [0.25, 0.3) is 0 Å². The highest BCUT2D eigenvalue weighted by atomic mass is 32.2. The molecule has 0 aromatic carbocycles. The van der Waals surface area contributed by atoms with Crippen LogP contribution in [0.2, 0.25) is 0 Å². The van der Waals surface area contributed by atoms with Crippen molar-refractivity contribution in [3.05, 3.63) is 0 Å². The highest BCUT2D eigenvalue weighted by molar-refractivity contribution is 7.99. The van der Waals surface area contributed by atoms with Gasteiger partial charge in [-0.2, -0.15) is 11.8 Å². The molecule has 1 saturated carbocycles. The summed E-state index contributed by atoms with van der Waals surface area (Å²) in [7, 11) is 0. The van der Waals surface area contributed by atoms with E-state index in [1.807, 2.05) is 11.8 Å². The van der Waals surface area contributed by atoms with Crippen LogP contribution in [0.1, 0.15) is 51.4 Å². The van der Waals surface area contributed by atoms with E-state index in [1.165, 1.54) is 43.6 Å². The average Bonchev–Trinajstić information content (AvgIpc) is 2.38. The number of piperidine rings is 1. The van der Waals surface area contributed by atoms with Gasteiger partial charge in [-0.1, -0.05) is 0 Å². The molecule has 2 saturated heterocycles. The minimum atomic E-state index is 0.304. The zero-order chi connectivity index (χ0) is 13.1. The van der Waals surface area contributed by atoms with Crippen LogP contribution in [0.25, 0.3) is 0 Å². The molecule has 1 aliphatic carbocycles. The summed E-state index contributed by atoms with van der Waals surface area (Å²) in [4.78, 5) is 12.2. The van der Waals surface area contributed by atoms with E-state index in [0.717, 1.165) is 25.8 Å². The van der Waals surface area contributed by atoms with Gasteiger partial charge in [-0.3, -0.25) is 4.79 Å². The van der Waals surface area contributed by atoms with E-state index in [9.17, 15) is 4.79 Å². The number of hydrogen-bond donors (Lipinski definition) is 2. The Bertz CT molecular complexity index is 324. The number of amides is 1. The SMILES string of the molecule is O=C(CC1CCSCC1)NC1CCNC2(CCC2)C1. The predicted octanol–water partition coefficient (Wildman–Crippen LogP) is 2.31. The molecule has 0 aromatic rings. The third-order valence-electron chi connectivity index (χ3n) is 5.12. The average molecular weight is 282 g/mol. The van der Waals surface area contributed by atoms with E-state index in [4.69, 9.17) is 0 Å². The van der Waals surface area contributed by atoms with Gasteiger partial charge in [-0.15, -0.1) is 0 Å². The Kier molecular flexibility index (Phi) is 4.37. The van der Waals surface area contributed by atoms with Crippen LogP contribution >= 0.6 is 11.8 Å². The first-order chi connectivity index (χ1) is 9.26. The summed E-state index contributed by atoms with van der Waals surface area (Å²) in [6.07, 6.45) is 9.44. The van der Waals surface area contributed by atoms with Crippen LogP contribution < -0.4 is 10.6 Å². The second-order valence-electron chi connectivity index (χ2n) is 6.58. The molecule has 1 unspecified atom stereocenters. The quantitative estimate of drug-likeness (QED) is 0.834. The molecule has 2 heterocycles. The van der Waals surface area contributed by atoms with E-state index in [1.54, 1.807) is 0 Å². The monoisotopic (exact) mass is 282 g/mol. The number of nitrogens with one attached hydrogen (secondary N) is 2. The lowest BCUT2D eigenvalue weighted by Crippen LogP contribution is -2.59. The molecule has 108 valence electrons. The van der Waals surface area contributed by atoms with Gasteiger partial charge in [0, 0.05) is 18.0 Å². The van der Waals surface area contributed by atoms with Crippen molar-refractivity contribution in [3.8, 4) is 0 Å². The first kappa shape index (κ1) is 13.7. The molecule has 1 spiro atoms. The second kappa shape index (κ2) is 6.04. The van der Waals surface area contributed by atoms with E-state index >= 15 is 0 Å². The maximum absolute atomic E-state index is 12.2. The summed E-state index contributed by atoms with van der Waals surface area (Å²) >= 11 is 2.03. The normalized spacial score (nSPS) is 30.8. The number of carbonyl (C=O) groups excluding carboxylic acids is 1. The highest BCUT2D eigenvalue weighted by Crippen LogP contribution is 2.38. The van der Waals surface area contributed by atoms with Gasteiger partial charge in [0.1, 0.15) is 0 Å². The number of hydrogen-bond acceptors (Lipinski definition) is 3. The molecule has 19 heavy (non-hydrogen) atoms. The third-order valence-corrected chi connectivity index (χ3v) is 6.17. The van der Waals surface area contributed by atoms with Crippen LogP contribution in [0, 0.1) is 5.92 Å². The van der Waals surface area contributed by atoms with Gasteiger partial charge in [0.2, 0.25) is 5.91 Å². The summed E-state index contributed by atoms with van der Waals surface area (Å²) in [5.74, 6) is 3.43. The lowest BCUT2D eigenvalue weighted by molar-refractivity contribution is -0.123. The maximum atomic E-state index is 12.2. The molecule has 3 aliphatic rings. The molecule has 0 bridgehead atoms. The van der Waals surface area contributed by atoms with Crippen LogP contribution in [0.3, 0.4) is 0 Å². The second-order valence-corrected chi connectivity index (χ2v) is 7.80. The minimum absolute atomic E-state index is 0.304. The largest absolute Gasteiger partial charge is 0.353 e.